The molecule has 0 bridgehead atoms. The molecular formula is C18H30N2O2. The monoisotopic (exact) mass is 306 g/mol. The van der Waals surface area contributed by atoms with E-state index in [0.29, 0.717) is 0 Å². The molecule has 0 aliphatic carbocycles. The summed E-state index contributed by atoms with van der Waals surface area (Å²) < 4.78 is 11.7. The van der Waals surface area contributed by atoms with Crippen LogP contribution in [-0.2, 0) is 0 Å². The third kappa shape index (κ3) is 5.85. The molecule has 4 heteroatoms. The molecule has 22 heavy (non-hydrogen) atoms. The van der Waals surface area contributed by atoms with Gasteiger partial charge in [0.2, 0.25) is 0 Å². The normalized spacial score (nSPS) is 18.1. The Morgan fingerprint density at radius 1 is 1.14 bits per heavy atom. The predicted octanol–water partition coefficient (Wildman–Crippen LogP) is 2.88. The zero-order valence-electron chi connectivity index (χ0n) is 14.3. The summed E-state index contributed by atoms with van der Waals surface area (Å²) >= 11 is 0. The highest BCUT2D eigenvalue weighted by atomic mass is 16.5. The van der Waals surface area contributed by atoms with Crippen LogP contribution in [0.4, 0.5) is 0 Å². The highest BCUT2D eigenvalue weighted by Gasteiger charge is 2.12. The lowest BCUT2D eigenvalue weighted by Gasteiger charge is -2.32. The largest absolute Gasteiger partial charge is 0.493 e. The lowest BCUT2D eigenvalue weighted by atomic mass is 10.3. The number of hydrogen-bond donors (Lipinski definition) is 0. The Labute approximate surface area is 135 Å². The molecule has 0 saturated carbocycles. The maximum atomic E-state index is 5.86. The van der Waals surface area contributed by atoms with Gasteiger partial charge in [0.05, 0.1) is 12.7 Å². The predicted molar refractivity (Wildman–Crippen MR) is 90.9 cm³/mol. The second-order valence-electron chi connectivity index (χ2n) is 6.16. The van der Waals surface area contributed by atoms with Crippen LogP contribution in [0.2, 0.25) is 0 Å². The van der Waals surface area contributed by atoms with Gasteiger partial charge in [0, 0.05) is 38.8 Å². The molecule has 124 valence electrons. The van der Waals surface area contributed by atoms with Crippen molar-refractivity contribution in [1.29, 1.82) is 0 Å². The van der Waals surface area contributed by atoms with Gasteiger partial charge in [0.25, 0.3) is 0 Å². The van der Waals surface area contributed by atoms with Gasteiger partial charge in [0.15, 0.2) is 0 Å². The van der Waals surface area contributed by atoms with E-state index < -0.39 is 0 Å². The fourth-order valence-corrected chi connectivity index (χ4v) is 2.50. The molecule has 1 aromatic carbocycles. The van der Waals surface area contributed by atoms with Crippen molar-refractivity contribution in [1.82, 2.24) is 9.80 Å². The zero-order chi connectivity index (χ0) is 15.8. The van der Waals surface area contributed by atoms with Gasteiger partial charge in [0.1, 0.15) is 11.5 Å². The first-order chi connectivity index (χ1) is 10.7. The lowest BCUT2D eigenvalue weighted by molar-refractivity contribution is 0.145. The van der Waals surface area contributed by atoms with Gasteiger partial charge in [-0.2, -0.15) is 0 Å². The van der Waals surface area contributed by atoms with Crippen LogP contribution in [0.15, 0.2) is 24.3 Å². The third-order valence-corrected chi connectivity index (χ3v) is 4.20. The summed E-state index contributed by atoms with van der Waals surface area (Å²) in [6.07, 6.45) is 2.32. The molecule has 0 radical (unpaired) electrons. The minimum atomic E-state index is 0.243. The van der Waals surface area contributed by atoms with Crippen LogP contribution in [-0.4, -0.2) is 62.3 Å². The van der Waals surface area contributed by atoms with E-state index >= 15 is 0 Å². The van der Waals surface area contributed by atoms with Crippen LogP contribution in [0.25, 0.3) is 0 Å². The van der Waals surface area contributed by atoms with Gasteiger partial charge in [-0.15, -0.1) is 0 Å². The van der Waals surface area contributed by atoms with Crippen LogP contribution < -0.4 is 9.47 Å². The minimum Gasteiger partial charge on any atom is -0.493 e. The summed E-state index contributed by atoms with van der Waals surface area (Å²) in [5.41, 5.74) is 0. The fourth-order valence-electron chi connectivity index (χ4n) is 2.50. The molecule has 1 aromatic rings. The average molecular weight is 306 g/mol. The van der Waals surface area contributed by atoms with E-state index in [0.717, 1.165) is 37.5 Å². The van der Waals surface area contributed by atoms with Crippen molar-refractivity contribution < 1.29 is 9.47 Å². The summed E-state index contributed by atoms with van der Waals surface area (Å²) in [5, 5.41) is 0. The summed E-state index contributed by atoms with van der Waals surface area (Å²) in [6, 6.07) is 7.97. The zero-order valence-corrected chi connectivity index (χ0v) is 14.3. The van der Waals surface area contributed by atoms with Gasteiger partial charge in [-0.25, -0.2) is 0 Å². The van der Waals surface area contributed by atoms with E-state index in [1.807, 2.05) is 24.3 Å². The second-order valence-corrected chi connectivity index (χ2v) is 6.16. The van der Waals surface area contributed by atoms with E-state index in [1.54, 1.807) is 0 Å². The van der Waals surface area contributed by atoms with Gasteiger partial charge in [-0.1, -0.05) is 13.0 Å². The Balaban J connectivity index is 1.67. The molecule has 1 atom stereocenters. The quantitative estimate of drug-likeness (QED) is 0.690. The summed E-state index contributed by atoms with van der Waals surface area (Å²) in [5.74, 6) is 1.80. The highest BCUT2D eigenvalue weighted by molar-refractivity contribution is 5.33. The first-order valence-corrected chi connectivity index (χ1v) is 8.48. The van der Waals surface area contributed by atoms with Gasteiger partial charge in [-0.05, 0) is 38.9 Å². The van der Waals surface area contributed by atoms with Gasteiger partial charge < -0.3 is 19.3 Å². The molecule has 0 aromatic heterocycles. The summed E-state index contributed by atoms with van der Waals surface area (Å²) in [7, 11) is 2.19. The number of rotatable bonds is 8. The molecule has 0 spiro atoms. The molecule has 0 amide bonds. The Bertz CT molecular complexity index is 431. The summed E-state index contributed by atoms with van der Waals surface area (Å²) in [4.78, 5) is 4.90. The van der Waals surface area contributed by atoms with Crippen molar-refractivity contribution in [2.75, 3.05) is 46.4 Å². The molecule has 1 fully saturated rings. The molecule has 1 heterocycles. The van der Waals surface area contributed by atoms with Crippen molar-refractivity contribution in [3.8, 4) is 11.5 Å². The smallest absolute Gasteiger partial charge is 0.123 e. The Kier molecular flexibility index (Phi) is 7.00. The second kappa shape index (κ2) is 9.01. The van der Waals surface area contributed by atoms with Crippen LogP contribution >= 0.6 is 0 Å². The minimum absolute atomic E-state index is 0.243. The number of piperazine rings is 1. The maximum Gasteiger partial charge on any atom is 0.123 e. The molecular weight excluding hydrogens is 276 g/mol. The SMILES string of the molecule is CCC(C)Oc1cccc(OCCCN2CCN(C)CC2)c1. The van der Waals surface area contributed by atoms with E-state index in [-0.39, 0.29) is 6.10 Å². The number of nitrogens with zero attached hydrogens (tertiary/aromatic N) is 2. The maximum absolute atomic E-state index is 5.86. The van der Waals surface area contributed by atoms with E-state index in [1.165, 1.54) is 26.2 Å². The van der Waals surface area contributed by atoms with Crippen LogP contribution in [0.5, 0.6) is 11.5 Å². The lowest BCUT2D eigenvalue weighted by Crippen LogP contribution is -2.44. The van der Waals surface area contributed by atoms with E-state index in [4.69, 9.17) is 9.47 Å². The van der Waals surface area contributed by atoms with Gasteiger partial charge in [-0.3, -0.25) is 0 Å². The van der Waals surface area contributed by atoms with Crippen LogP contribution in [0.1, 0.15) is 26.7 Å². The van der Waals surface area contributed by atoms with E-state index in [9.17, 15) is 0 Å². The summed E-state index contributed by atoms with van der Waals surface area (Å²) in [6.45, 7) is 10.8. The van der Waals surface area contributed by atoms with Crippen LogP contribution in [0.3, 0.4) is 0 Å². The van der Waals surface area contributed by atoms with Crippen molar-refractivity contribution >= 4 is 0 Å². The van der Waals surface area contributed by atoms with E-state index in [2.05, 4.69) is 30.7 Å². The molecule has 0 N–H and O–H groups in total. The first kappa shape index (κ1) is 17.1. The van der Waals surface area contributed by atoms with Crippen molar-refractivity contribution in [3.05, 3.63) is 24.3 Å². The number of likely N-dealkylation sites (N-methyl/N-ethyl adjacent to an activating group) is 1. The van der Waals surface area contributed by atoms with Gasteiger partial charge >= 0.3 is 0 Å². The van der Waals surface area contributed by atoms with Crippen molar-refractivity contribution in [2.24, 2.45) is 0 Å². The third-order valence-electron chi connectivity index (χ3n) is 4.20. The average Bonchev–Trinajstić information content (AvgIpc) is 2.53. The fraction of sp³-hybridized carbons (Fsp3) is 0.667. The Morgan fingerprint density at radius 3 is 2.59 bits per heavy atom. The topological polar surface area (TPSA) is 24.9 Å². The molecule has 1 aliphatic heterocycles. The molecule has 2 rings (SSSR count). The number of ether oxygens (including phenoxy) is 2. The molecule has 4 nitrogen and oxygen atoms in total. The van der Waals surface area contributed by atoms with Crippen molar-refractivity contribution in [3.63, 3.8) is 0 Å². The Hall–Kier alpha value is -1.26. The number of benzene rings is 1. The number of hydrogen-bond acceptors (Lipinski definition) is 4. The van der Waals surface area contributed by atoms with Crippen molar-refractivity contribution in [2.45, 2.75) is 32.8 Å². The molecule has 1 aliphatic rings. The first-order valence-electron chi connectivity index (χ1n) is 8.48. The molecule has 1 unspecified atom stereocenters. The van der Waals surface area contributed by atoms with Crippen LogP contribution in [0, 0.1) is 0 Å². The Morgan fingerprint density at radius 2 is 1.86 bits per heavy atom. The molecule has 1 saturated heterocycles. The standard InChI is InChI=1S/C18H30N2O2/c1-4-16(2)22-18-8-5-7-17(15-18)21-14-6-9-20-12-10-19(3)11-13-20/h5,7-8,15-16H,4,6,9-14H2,1-3H3. The highest BCUT2D eigenvalue weighted by Crippen LogP contribution is 2.21.